The van der Waals surface area contributed by atoms with Gasteiger partial charge in [0, 0.05) is 13.0 Å². The predicted molar refractivity (Wildman–Crippen MR) is 77.7 cm³/mol. The van der Waals surface area contributed by atoms with Gasteiger partial charge in [-0.3, -0.25) is 0 Å². The topological polar surface area (TPSA) is 58.3 Å². The first kappa shape index (κ1) is 12.7. The molecule has 102 valence electrons. The minimum atomic E-state index is 0.0862. The van der Waals surface area contributed by atoms with Crippen LogP contribution in [0.3, 0.4) is 0 Å². The van der Waals surface area contributed by atoms with Crippen LogP contribution in [0.25, 0.3) is 11.0 Å². The van der Waals surface area contributed by atoms with E-state index in [0.29, 0.717) is 13.0 Å². The maximum atomic E-state index is 9.32. The maximum Gasteiger partial charge on any atom is 0.115 e. The third-order valence-electron chi connectivity index (χ3n) is 3.36. The fourth-order valence-electron chi connectivity index (χ4n) is 2.41. The number of phenols is 1. The lowest BCUT2D eigenvalue weighted by molar-refractivity contribution is 0.276. The number of aromatic hydroxyl groups is 1. The molecule has 0 saturated carbocycles. The average molecular weight is 268 g/mol. The number of rotatable bonds is 4. The summed E-state index contributed by atoms with van der Waals surface area (Å²) in [5.74, 6) is 1.18. The van der Waals surface area contributed by atoms with Crippen molar-refractivity contribution >= 4 is 11.0 Å². The van der Waals surface area contributed by atoms with E-state index in [1.165, 1.54) is 0 Å². The fourth-order valence-corrected chi connectivity index (χ4v) is 2.41. The molecular formula is C16H16N2O2. The zero-order valence-corrected chi connectivity index (χ0v) is 11.0. The Morgan fingerprint density at radius 1 is 1.00 bits per heavy atom. The highest BCUT2D eigenvalue weighted by molar-refractivity contribution is 5.76. The van der Waals surface area contributed by atoms with Crippen LogP contribution >= 0.6 is 0 Å². The summed E-state index contributed by atoms with van der Waals surface area (Å²) in [6, 6.07) is 15.0. The van der Waals surface area contributed by atoms with Gasteiger partial charge in [-0.05, 0) is 29.8 Å². The van der Waals surface area contributed by atoms with Crippen LogP contribution in [-0.4, -0.2) is 26.4 Å². The highest BCUT2D eigenvalue weighted by atomic mass is 16.3. The van der Waals surface area contributed by atoms with Crippen LogP contribution in [0, 0.1) is 0 Å². The molecule has 3 aromatic rings. The van der Waals surface area contributed by atoms with E-state index in [1.54, 1.807) is 12.1 Å². The molecule has 0 aliphatic rings. The summed E-state index contributed by atoms with van der Waals surface area (Å²) in [4.78, 5) is 4.64. The second-order valence-corrected chi connectivity index (χ2v) is 4.74. The minimum absolute atomic E-state index is 0.0862. The van der Waals surface area contributed by atoms with Crippen molar-refractivity contribution in [3.63, 3.8) is 0 Å². The van der Waals surface area contributed by atoms with Gasteiger partial charge in [-0.25, -0.2) is 4.98 Å². The third kappa shape index (κ3) is 2.38. The zero-order valence-electron chi connectivity index (χ0n) is 11.0. The van der Waals surface area contributed by atoms with Gasteiger partial charge in [0.05, 0.1) is 17.6 Å². The molecule has 20 heavy (non-hydrogen) atoms. The normalized spacial score (nSPS) is 11.1. The maximum absolute atomic E-state index is 9.32. The number of aliphatic hydroxyl groups is 1. The van der Waals surface area contributed by atoms with E-state index in [1.807, 2.05) is 41.0 Å². The summed E-state index contributed by atoms with van der Waals surface area (Å²) in [6.07, 6.45) is 0.676. The van der Waals surface area contributed by atoms with Gasteiger partial charge >= 0.3 is 0 Å². The number of imidazole rings is 1. The monoisotopic (exact) mass is 268 g/mol. The second kappa shape index (κ2) is 5.35. The van der Waals surface area contributed by atoms with Crippen molar-refractivity contribution in [1.82, 2.24) is 9.55 Å². The van der Waals surface area contributed by atoms with E-state index in [-0.39, 0.29) is 12.4 Å². The zero-order chi connectivity index (χ0) is 13.9. The number of benzene rings is 2. The molecule has 0 atom stereocenters. The summed E-state index contributed by atoms with van der Waals surface area (Å²) in [5, 5.41) is 18.6. The fraction of sp³-hybridized carbons (Fsp3) is 0.188. The van der Waals surface area contributed by atoms with Gasteiger partial charge in [0.2, 0.25) is 0 Å². The average Bonchev–Trinajstić information content (AvgIpc) is 2.80. The minimum Gasteiger partial charge on any atom is -0.508 e. The van der Waals surface area contributed by atoms with Crippen LogP contribution in [0.4, 0.5) is 0 Å². The van der Waals surface area contributed by atoms with E-state index >= 15 is 0 Å². The number of phenolic OH excluding ortho intramolecular Hbond substituents is 1. The number of hydrogen-bond donors (Lipinski definition) is 2. The molecule has 1 heterocycles. The van der Waals surface area contributed by atoms with Gasteiger partial charge in [0.15, 0.2) is 0 Å². The van der Waals surface area contributed by atoms with E-state index in [0.717, 1.165) is 22.4 Å². The first-order valence-electron chi connectivity index (χ1n) is 6.61. The van der Waals surface area contributed by atoms with Crippen molar-refractivity contribution < 1.29 is 10.2 Å². The molecule has 4 heteroatoms. The van der Waals surface area contributed by atoms with Crippen LogP contribution in [0.15, 0.2) is 48.5 Å². The number of fused-ring (bicyclic) bond motifs is 1. The van der Waals surface area contributed by atoms with E-state index < -0.39 is 0 Å². The number of aliphatic hydroxyl groups excluding tert-OH is 1. The van der Waals surface area contributed by atoms with Gasteiger partial charge in [-0.2, -0.15) is 0 Å². The molecule has 2 aromatic carbocycles. The second-order valence-electron chi connectivity index (χ2n) is 4.74. The first-order valence-corrected chi connectivity index (χ1v) is 6.61. The summed E-state index contributed by atoms with van der Waals surface area (Å²) >= 11 is 0. The molecular weight excluding hydrogens is 252 g/mol. The van der Waals surface area contributed by atoms with Gasteiger partial charge in [-0.15, -0.1) is 0 Å². The van der Waals surface area contributed by atoms with E-state index in [2.05, 4.69) is 4.98 Å². The van der Waals surface area contributed by atoms with Crippen molar-refractivity contribution in [3.8, 4) is 5.75 Å². The van der Waals surface area contributed by atoms with E-state index in [9.17, 15) is 10.2 Å². The predicted octanol–water partition coefficient (Wildman–Crippen LogP) is 2.33. The Balaban J connectivity index is 2.01. The molecule has 0 aliphatic carbocycles. The molecule has 0 bridgehead atoms. The number of nitrogens with zero attached hydrogens (tertiary/aromatic N) is 2. The number of aromatic nitrogens is 2. The molecule has 0 amide bonds. The largest absolute Gasteiger partial charge is 0.508 e. The Labute approximate surface area is 116 Å². The summed E-state index contributed by atoms with van der Waals surface area (Å²) in [6.45, 7) is 0.622. The molecule has 0 radical (unpaired) electrons. The first-order chi connectivity index (χ1) is 9.78. The van der Waals surface area contributed by atoms with E-state index in [4.69, 9.17) is 0 Å². The van der Waals surface area contributed by atoms with Crippen molar-refractivity contribution in [2.75, 3.05) is 6.61 Å². The van der Waals surface area contributed by atoms with Crippen LogP contribution in [0.2, 0.25) is 0 Å². The standard InChI is InChI=1S/C16H16N2O2/c19-10-9-18-15-4-2-1-3-14(15)17-16(18)11-12-5-7-13(20)8-6-12/h1-8,19-20H,9-11H2. The quantitative estimate of drug-likeness (QED) is 0.763. The summed E-state index contributed by atoms with van der Waals surface area (Å²) in [7, 11) is 0. The Kier molecular flexibility index (Phi) is 3.39. The Bertz CT molecular complexity index is 717. The van der Waals surface area contributed by atoms with Gasteiger partial charge in [0.25, 0.3) is 0 Å². The Hall–Kier alpha value is -2.33. The van der Waals surface area contributed by atoms with Crippen LogP contribution in [0.1, 0.15) is 11.4 Å². The lowest BCUT2D eigenvalue weighted by atomic mass is 10.1. The lowest BCUT2D eigenvalue weighted by Crippen LogP contribution is -2.07. The summed E-state index contributed by atoms with van der Waals surface area (Å²) < 4.78 is 2.04. The molecule has 3 rings (SSSR count). The van der Waals surface area contributed by atoms with Crippen LogP contribution < -0.4 is 0 Å². The van der Waals surface area contributed by atoms with Gasteiger partial charge in [0.1, 0.15) is 11.6 Å². The van der Waals surface area contributed by atoms with Gasteiger partial charge < -0.3 is 14.8 Å². The highest BCUT2D eigenvalue weighted by Gasteiger charge is 2.10. The Morgan fingerprint density at radius 2 is 1.75 bits per heavy atom. The number of hydrogen-bond acceptors (Lipinski definition) is 3. The molecule has 0 spiro atoms. The van der Waals surface area contributed by atoms with Crippen molar-refractivity contribution in [2.45, 2.75) is 13.0 Å². The molecule has 0 saturated heterocycles. The molecule has 0 aliphatic heterocycles. The molecule has 0 fully saturated rings. The third-order valence-corrected chi connectivity index (χ3v) is 3.36. The van der Waals surface area contributed by atoms with Crippen molar-refractivity contribution in [3.05, 3.63) is 59.9 Å². The molecule has 2 N–H and O–H groups in total. The molecule has 0 unspecified atom stereocenters. The SMILES string of the molecule is OCCn1c(Cc2ccc(O)cc2)nc2ccccc21. The smallest absolute Gasteiger partial charge is 0.115 e. The lowest BCUT2D eigenvalue weighted by Gasteiger charge is -2.07. The van der Waals surface area contributed by atoms with Crippen LogP contribution in [0.5, 0.6) is 5.75 Å². The Morgan fingerprint density at radius 3 is 2.50 bits per heavy atom. The van der Waals surface area contributed by atoms with Crippen molar-refractivity contribution in [2.24, 2.45) is 0 Å². The molecule has 4 nitrogen and oxygen atoms in total. The highest BCUT2D eigenvalue weighted by Crippen LogP contribution is 2.19. The van der Waals surface area contributed by atoms with Crippen LogP contribution in [-0.2, 0) is 13.0 Å². The summed E-state index contributed by atoms with van der Waals surface area (Å²) in [5.41, 5.74) is 3.06. The molecule has 1 aromatic heterocycles. The number of para-hydroxylation sites is 2. The van der Waals surface area contributed by atoms with Gasteiger partial charge in [-0.1, -0.05) is 24.3 Å². The van der Waals surface area contributed by atoms with Crippen molar-refractivity contribution in [1.29, 1.82) is 0 Å².